The number of carbonyl (C=O) groups is 2. The maximum Gasteiger partial charge on any atom is 0.408 e. The van der Waals surface area contributed by atoms with E-state index in [0.717, 1.165) is 30.9 Å². The van der Waals surface area contributed by atoms with Crippen LogP contribution in [0.4, 0.5) is 27.6 Å². The molecule has 2 aromatic carbocycles. The van der Waals surface area contributed by atoms with Crippen molar-refractivity contribution in [1.82, 2.24) is 9.88 Å². The van der Waals surface area contributed by atoms with E-state index in [0.29, 0.717) is 34.4 Å². The normalized spacial score (nSPS) is 14.2. The van der Waals surface area contributed by atoms with Crippen LogP contribution in [0.3, 0.4) is 0 Å². The van der Waals surface area contributed by atoms with Gasteiger partial charge in [-0.05, 0) is 66.8 Å². The molecule has 2 N–H and O–H groups in total. The van der Waals surface area contributed by atoms with Gasteiger partial charge in [-0.2, -0.15) is 13.2 Å². The average molecular weight is 608 g/mol. The van der Waals surface area contributed by atoms with E-state index >= 15 is 0 Å². The Morgan fingerprint density at radius 3 is 2.30 bits per heavy atom. The molecular formula is C30H30F5N3O5. The van der Waals surface area contributed by atoms with Gasteiger partial charge in [0.25, 0.3) is 11.5 Å². The van der Waals surface area contributed by atoms with Crippen LogP contribution in [0.15, 0.2) is 35.1 Å². The van der Waals surface area contributed by atoms with Crippen molar-refractivity contribution in [2.24, 2.45) is 7.05 Å². The highest BCUT2D eigenvalue weighted by molar-refractivity contribution is 5.97. The number of halogens is 5. The lowest BCUT2D eigenvalue weighted by Crippen LogP contribution is -2.43. The molecule has 3 aromatic rings. The van der Waals surface area contributed by atoms with E-state index in [2.05, 4.69) is 5.32 Å². The fraction of sp³-hybridized carbons (Fsp3) is 0.367. The van der Waals surface area contributed by atoms with Crippen LogP contribution in [0, 0.1) is 25.5 Å². The molecule has 8 nitrogen and oxygen atoms in total. The summed E-state index contributed by atoms with van der Waals surface area (Å²) < 4.78 is 80.2. The number of amides is 1. The molecule has 4 rings (SSSR count). The Morgan fingerprint density at radius 2 is 1.70 bits per heavy atom. The number of alkyl halides is 3. The highest BCUT2D eigenvalue weighted by Gasteiger charge is 2.36. The van der Waals surface area contributed by atoms with Gasteiger partial charge in [0.2, 0.25) is 0 Å². The molecule has 0 saturated carbocycles. The van der Waals surface area contributed by atoms with E-state index in [4.69, 9.17) is 9.47 Å². The second-order valence-corrected chi connectivity index (χ2v) is 10.4. The zero-order valence-electron chi connectivity index (χ0n) is 24.0. The van der Waals surface area contributed by atoms with E-state index in [1.165, 1.54) is 0 Å². The predicted molar refractivity (Wildman–Crippen MR) is 148 cm³/mol. The van der Waals surface area contributed by atoms with E-state index in [-0.39, 0.29) is 25.2 Å². The first-order chi connectivity index (χ1) is 20.1. The number of esters is 1. The lowest BCUT2D eigenvalue weighted by atomic mass is 9.90. The van der Waals surface area contributed by atoms with Crippen LogP contribution in [-0.2, 0) is 41.0 Å². The SMILES string of the molecule is COC(=O)[C@H](Cc1ccc(-c2c(C)cc(C)n(C)c2=O)c2c1COC2)NC(=O)c1c(F)cc(N[C@H](C)C(F)(F)F)cc1F. The molecule has 0 aliphatic carbocycles. The van der Waals surface area contributed by atoms with Crippen molar-refractivity contribution >= 4 is 17.6 Å². The minimum atomic E-state index is -4.67. The zero-order chi connectivity index (χ0) is 31.8. The molecule has 1 aliphatic heterocycles. The quantitative estimate of drug-likeness (QED) is 0.281. The minimum absolute atomic E-state index is 0.138. The number of pyridine rings is 1. The van der Waals surface area contributed by atoms with Crippen molar-refractivity contribution in [2.75, 3.05) is 12.4 Å². The van der Waals surface area contributed by atoms with Gasteiger partial charge < -0.3 is 24.7 Å². The van der Waals surface area contributed by atoms with Gasteiger partial charge in [-0.25, -0.2) is 13.6 Å². The van der Waals surface area contributed by atoms with Gasteiger partial charge in [-0.1, -0.05) is 12.1 Å². The van der Waals surface area contributed by atoms with Crippen molar-refractivity contribution in [3.05, 3.63) is 85.8 Å². The van der Waals surface area contributed by atoms with Crippen molar-refractivity contribution in [3.8, 4) is 11.1 Å². The van der Waals surface area contributed by atoms with Gasteiger partial charge >= 0.3 is 12.1 Å². The monoisotopic (exact) mass is 607 g/mol. The summed E-state index contributed by atoms with van der Waals surface area (Å²) in [7, 11) is 2.76. The van der Waals surface area contributed by atoms with Crippen LogP contribution in [-0.4, -0.2) is 41.8 Å². The third-order valence-corrected chi connectivity index (χ3v) is 7.52. The molecular weight excluding hydrogens is 577 g/mol. The first kappa shape index (κ1) is 31.7. The standard InChI is InChI=1S/C30H30F5N3O5/c1-14-8-15(2)38(4)28(40)25(14)19-7-6-17(20-12-43-13-21(19)20)9-24(29(41)42-5)37-27(39)26-22(31)10-18(11-23(26)32)36-16(3)30(33,34)35/h6-8,10-11,16,24,36H,9,12-13H2,1-5H3,(H,37,39)/t16-,24+/m1/s1. The number of methoxy groups -OCH3 is 1. The molecule has 0 bridgehead atoms. The van der Waals surface area contributed by atoms with Crippen molar-refractivity contribution in [2.45, 2.75) is 58.7 Å². The van der Waals surface area contributed by atoms with Gasteiger partial charge in [0.05, 0.1) is 25.9 Å². The lowest BCUT2D eigenvalue weighted by molar-refractivity contribution is -0.143. The maximum absolute atomic E-state index is 14.8. The highest BCUT2D eigenvalue weighted by Crippen LogP contribution is 2.34. The van der Waals surface area contributed by atoms with Gasteiger partial charge in [-0.15, -0.1) is 0 Å². The number of ether oxygens (including phenoxy) is 2. The summed E-state index contributed by atoms with van der Waals surface area (Å²) in [4.78, 5) is 38.7. The summed E-state index contributed by atoms with van der Waals surface area (Å²) in [6, 6.07) is 2.95. The number of fused-ring (bicyclic) bond motifs is 1. The molecule has 1 aliphatic rings. The molecule has 2 atom stereocenters. The number of nitrogens with zero attached hydrogens (tertiary/aromatic N) is 1. The third-order valence-electron chi connectivity index (χ3n) is 7.52. The lowest BCUT2D eigenvalue weighted by Gasteiger charge is -2.21. The van der Waals surface area contributed by atoms with Crippen LogP contribution in [0.25, 0.3) is 11.1 Å². The van der Waals surface area contributed by atoms with Crippen molar-refractivity contribution < 1.29 is 41.0 Å². The molecule has 0 fully saturated rings. The Hall–Kier alpha value is -4.26. The van der Waals surface area contributed by atoms with Crippen LogP contribution >= 0.6 is 0 Å². The number of nitrogens with one attached hydrogen (secondary N) is 2. The molecule has 0 spiro atoms. The summed E-state index contributed by atoms with van der Waals surface area (Å²) in [5.74, 6) is -5.05. The summed E-state index contributed by atoms with van der Waals surface area (Å²) in [5, 5.41) is 4.22. The van der Waals surface area contributed by atoms with Crippen LogP contribution in [0.2, 0.25) is 0 Å². The Morgan fingerprint density at radius 1 is 1.07 bits per heavy atom. The smallest absolute Gasteiger partial charge is 0.408 e. The van der Waals surface area contributed by atoms with E-state index in [9.17, 15) is 36.3 Å². The Bertz CT molecular complexity index is 1630. The Kier molecular flexibility index (Phi) is 8.95. The fourth-order valence-corrected chi connectivity index (χ4v) is 5.06. The summed E-state index contributed by atoms with van der Waals surface area (Å²) in [6.45, 7) is 4.80. The number of anilines is 1. The van der Waals surface area contributed by atoms with Gasteiger partial charge in [0, 0.05) is 24.8 Å². The van der Waals surface area contributed by atoms with Crippen molar-refractivity contribution in [3.63, 3.8) is 0 Å². The number of carbonyl (C=O) groups excluding carboxylic acids is 2. The number of aromatic nitrogens is 1. The van der Waals surface area contributed by atoms with Gasteiger partial charge in [0.15, 0.2) is 0 Å². The Labute approximate surface area is 243 Å². The molecule has 0 radical (unpaired) electrons. The molecule has 2 heterocycles. The number of hydrogen-bond donors (Lipinski definition) is 2. The topological polar surface area (TPSA) is 98.7 Å². The average Bonchev–Trinajstić information content (AvgIpc) is 3.41. The van der Waals surface area contributed by atoms with E-state index < -0.39 is 53.0 Å². The van der Waals surface area contributed by atoms with Crippen LogP contribution in [0.1, 0.15) is 45.2 Å². The molecule has 0 saturated heterocycles. The summed E-state index contributed by atoms with van der Waals surface area (Å²) in [6.07, 6.45) is -4.81. The van der Waals surface area contributed by atoms with Gasteiger partial charge in [-0.3, -0.25) is 9.59 Å². The summed E-state index contributed by atoms with van der Waals surface area (Å²) in [5.41, 5.74) is 3.00. The summed E-state index contributed by atoms with van der Waals surface area (Å²) >= 11 is 0. The molecule has 1 amide bonds. The van der Waals surface area contributed by atoms with Crippen LogP contribution < -0.4 is 16.2 Å². The third kappa shape index (κ3) is 6.41. The molecule has 230 valence electrons. The second kappa shape index (κ2) is 12.2. The minimum Gasteiger partial charge on any atom is -0.467 e. The second-order valence-electron chi connectivity index (χ2n) is 10.4. The molecule has 0 unspecified atom stereocenters. The highest BCUT2D eigenvalue weighted by atomic mass is 19.4. The predicted octanol–water partition coefficient (Wildman–Crippen LogP) is 4.85. The first-order valence-corrected chi connectivity index (χ1v) is 13.2. The molecule has 1 aromatic heterocycles. The van der Waals surface area contributed by atoms with Crippen LogP contribution in [0.5, 0.6) is 0 Å². The number of aryl methyl sites for hydroxylation is 2. The van der Waals surface area contributed by atoms with E-state index in [1.807, 2.05) is 25.2 Å². The molecule has 43 heavy (non-hydrogen) atoms. The number of rotatable bonds is 8. The Balaban J connectivity index is 1.64. The molecule has 13 heteroatoms. The fourth-order valence-electron chi connectivity index (χ4n) is 5.06. The van der Waals surface area contributed by atoms with E-state index in [1.54, 1.807) is 23.7 Å². The van der Waals surface area contributed by atoms with Gasteiger partial charge in [0.1, 0.15) is 29.3 Å². The first-order valence-electron chi connectivity index (χ1n) is 13.2. The van der Waals surface area contributed by atoms with Crippen molar-refractivity contribution in [1.29, 1.82) is 0 Å². The largest absolute Gasteiger partial charge is 0.467 e. The maximum atomic E-state index is 14.8. The number of hydrogen-bond acceptors (Lipinski definition) is 6. The zero-order valence-corrected chi connectivity index (χ0v) is 24.0. The number of benzene rings is 2.